The number of amides is 2. The van der Waals surface area contributed by atoms with E-state index in [1.807, 2.05) is 18.7 Å². The fourth-order valence-electron chi connectivity index (χ4n) is 5.68. The van der Waals surface area contributed by atoms with Crippen LogP contribution in [0.1, 0.15) is 64.7 Å². The van der Waals surface area contributed by atoms with E-state index in [9.17, 15) is 19.5 Å². The number of aliphatic hydroxyl groups excluding tert-OH is 1. The van der Waals surface area contributed by atoms with Crippen LogP contribution in [0.5, 0.6) is 0 Å². The summed E-state index contributed by atoms with van der Waals surface area (Å²) in [5.41, 5.74) is 0. The number of fused-ring (bicyclic) bond motifs is 2. The monoisotopic (exact) mass is 506 g/mol. The molecular weight excluding hydrogens is 468 g/mol. The maximum absolute atomic E-state index is 12.5. The Bertz CT molecular complexity index is 833. The van der Waals surface area contributed by atoms with Gasteiger partial charge in [-0.2, -0.15) is 11.8 Å². The minimum Gasteiger partial charge on any atom is -0.462 e. The second-order valence-corrected chi connectivity index (χ2v) is 11.5. The SMILES string of the molecule is C[C@H]1CCC/C=C/[C@@H]2C[C@H](OC(=O)CCCC[C@@H]3SC[C@@H]4NC(=O)N[C@@H]43)C[C@H]2[C@H](O)/C=C/C(=O)O1. The first-order valence-electron chi connectivity index (χ1n) is 13.0. The van der Waals surface area contributed by atoms with Crippen molar-refractivity contribution in [3.63, 3.8) is 0 Å². The molecule has 0 aromatic heterocycles. The van der Waals surface area contributed by atoms with Crippen molar-refractivity contribution in [1.82, 2.24) is 10.6 Å². The molecule has 194 valence electrons. The summed E-state index contributed by atoms with van der Waals surface area (Å²) in [6, 6.07) is 0.344. The molecule has 8 atom stereocenters. The topological polar surface area (TPSA) is 114 Å². The van der Waals surface area contributed by atoms with E-state index in [1.165, 1.54) is 12.2 Å². The molecule has 0 aromatic carbocycles. The van der Waals surface area contributed by atoms with Gasteiger partial charge in [0.1, 0.15) is 6.10 Å². The molecule has 3 N–H and O–H groups in total. The summed E-state index contributed by atoms with van der Waals surface area (Å²) >= 11 is 1.89. The third kappa shape index (κ3) is 7.26. The average molecular weight is 507 g/mol. The Morgan fingerprint density at radius 1 is 1.23 bits per heavy atom. The summed E-state index contributed by atoms with van der Waals surface area (Å²) in [6.45, 7) is 1.88. The largest absolute Gasteiger partial charge is 0.462 e. The molecule has 2 saturated heterocycles. The minimum absolute atomic E-state index is 0.0738. The lowest BCUT2D eigenvalue weighted by Gasteiger charge is -2.19. The number of thioether (sulfide) groups is 1. The summed E-state index contributed by atoms with van der Waals surface area (Å²) < 4.78 is 11.1. The molecule has 0 radical (unpaired) electrons. The Balaban J connectivity index is 1.22. The highest BCUT2D eigenvalue weighted by molar-refractivity contribution is 8.00. The lowest BCUT2D eigenvalue weighted by molar-refractivity contribution is -0.149. The summed E-state index contributed by atoms with van der Waals surface area (Å²) in [7, 11) is 0. The Labute approximate surface area is 211 Å². The average Bonchev–Trinajstić information content (AvgIpc) is 3.49. The van der Waals surface area contributed by atoms with Crippen LogP contribution >= 0.6 is 11.8 Å². The molecule has 3 aliphatic heterocycles. The number of ether oxygens (including phenoxy) is 2. The van der Waals surface area contributed by atoms with Gasteiger partial charge in [-0.1, -0.05) is 18.6 Å². The number of aliphatic hydroxyl groups is 1. The quantitative estimate of drug-likeness (QED) is 0.219. The third-order valence-electron chi connectivity index (χ3n) is 7.53. The van der Waals surface area contributed by atoms with Crippen molar-refractivity contribution in [2.24, 2.45) is 11.8 Å². The van der Waals surface area contributed by atoms with Crippen LogP contribution in [-0.2, 0) is 19.1 Å². The Morgan fingerprint density at radius 2 is 2.09 bits per heavy atom. The number of carbonyl (C=O) groups is 3. The number of esters is 2. The minimum atomic E-state index is -0.796. The van der Waals surface area contributed by atoms with Gasteiger partial charge in [-0.15, -0.1) is 0 Å². The molecule has 35 heavy (non-hydrogen) atoms. The highest BCUT2D eigenvalue weighted by Crippen LogP contribution is 2.38. The first-order valence-corrected chi connectivity index (χ1v) is 14.1. The summed E-state index contributed by atoms with van der Waals surface area (Å²) in [5, 5.41) is 17.1. The van der Waals surface area contributed by atoms with Gasteiger partial charge in [0.05, 0.1) is 24.3 Å². The smallest absolute Gasteiger partial charge is 0.330 e. The number of urea groups is 1. The maximum atomic E-state index is 12.5. The van der Waals surface area contributed by atoms with Gasteiger partial charge < -0.3 is 25.2 Å². The normalized spacial score (nSPS) is 39.0. The zero-order valence-electron chi connectivity index (χ0n) is 20.4. The van der Waals surface area contributed by atoms with Gasteiger partial charge >= 0.3 is 18.0 Å². The molecule has 0 aromatic rings. The van der Waals surface area contributed by atoms with Crippen LogP contribution in [0.15, 0.2) is 24.3 Å². The molecule has 8 nitrogen and oxygen atoms in total. The number of hydrogen-bond acceptors (Lipinski definition) is 7. The van der Waals surface area contributed by atoms with Gasteiger partial charge in [0.25, 0.3) is 0 Å². The van der Waals surface area contributed by atoms with Crippen molar-refractivity contribution in [2.45, 2.75) is 100 Å². The van der Waals surface area contributed by atoms with Crippen molar-refractivity contribution >= 4 is 29.7 Å². The van der Waals surface area contributed by atoms with E-state index in [-0.39, 0.29) is 48.1 Å². The van der Waals surface area contributed by atoms with E-state index in [0.29, 0.717) is 24.5 Å². The van der Waals surface area contributed by atoms with Crippen molar-refractivity contribution < 1.29 is 29.0 Å². The van der Waals surface area contributed by atoms with Crippen LogP contribution in [0.3, 0.4) is 0 Å². The maximum Gasteiger partial charge on any atom is 0.330 e. The number of hydrogen-bond donors (Lipinski definition) is 3. The van der Waals surface area contributed by atoms with Crippen LogP contribution in [0.25, 0.3) is 0 Å². The van der Waals surface area contributed by atoms with Crippen LogP contribution in [-0.4, -0.2) is 64.5 Å². The second kappa shape index (κ2) is 12.3. The lowest BCUT2D eigenvalue weighted by Crippen LogP contribution is -2.36. The van der Waals surface area contributed by atoms with Crippen molar-refractivity contribution in [1.29, 1.82) is 0 Å². The second-order valence-electron chi connectivity index (χ2n) is 10.2. The predicted octanol–water partition coefficient (Wildman–Crippen LogP) is 3.24. The van der Waals surface area contributed by atoms with Crippen molar-refractivity contribution in [3.05, 3.63) is 24.3 Å². The number of carbonyl (C=O) groups excluding carboxylic acids is 3. The molecule has 1 saturated carbocycles. The van der Waals surface area contributed by atoms with Gasteiger partial charge in [-0.3, -0.25) is 4.79 Å². The Kier molecular flexibility index (Phi) is 9.16. The molecule has 2 amide bonds. The van der Waals surface area contributed by atoms with E-state index in [4.69, 9.17) is 9.47 Å². The Hall–Kier alpha value is -2.00. The van der Waals surface area contributed by atoms with E-state index in [2.05, 4.69) is 22.8 Å². The first kappa shape index (κ1) is 26.1. The van der Waals surface area contributed by atoms with E-state index < -0.39 is 12.1 Å². The number of rotatable bonds is 6. The summed E-state index contributed by atoms with van der Waals surface area (Å²) in [6.07, 6.45) is 12.9. The van der Waals surface area contributed by atoms with Crippen molar-refractivity contribution in [2.75, 3.05) is 5.75 Å². The number of cyclic esters (lactones) is 1. The lowest BCUT2D eigenvalue weighted by atomic mass is 9.90. The van der Waals surface area contributed by atoms with Crippen molar-refractivity contribution in [3.8, 4) is 0 Å². The molecule has 0 unspecified atom stereocenters. The molecule has 0 bridgehead atoms. The van der Waals surface area contributed by atoms with Gasteiger partial charge in [-0.25, -0.2) is 9.59 Å². The zero-order chi connectivity index (χ0) is 24.8. The molecule has 1 aliphatic carbocycles. The highest BCUT2D eigenvalue weighted by Gasteiger charge is 2.42. The standard InChI is InChI=1S/C26H38N2O6S/c1-16-7-3-2-4-8-17-13-18(14-19(17)21(29)11-12-24(31)33-16)34-23(30)10-6-5-9-22-25-20(15-35-22)27-26(32)28-25/h4,8,11-12,16-22,25,29H,2-3,5-7,9-10,13-15H2,1H3,(H2,27,28,32)/b8-4+,12-11+/t16-,17+,18-,19+,20-,21+,22-,25-/m0/s1. The first-order chi connectivity index (χ1) is 16.9. The Morgan fingerprint density at radius 3 is 2.94 bits per heavy atom. The van der Waals surface area contributed by atoms with Crippen LogP contribution in [0.2, 0.25) is 0 Å². The fraction of sp³-hybridized carbons (Fsp3) is 0.731. The van der Waals surface area contributed by atoms with E-state index in [1.54, 1.807) is 0 Å². The number of allylic oxidation sites excluding steroid dienone is 2. The summed E-state index contributed by atoms with van der Waals surface area (Å²) in [4.78, 5) is 36.0. The van der Waals surface area contributed by atoms with Gasteiger partial charge in [-0.05, 0) is 69.8 Å². The summed E-state index contributed by atoms with van der Waals surface area (Å²) in [5.74, 6) is 0.316. The van der Waals surface area contributed by atoms with Crippen LogP contribution < -0.4 is 10.6 Å². The van der Waals surface area contributed by atoms with Gasteiger partial charge in [0.2, 0.25) is 0 Å². The van der Waals surface area contributed by atoms with Gasteiger partial charge in [0.15, 0.2) is 0 Å². The van der Waals surface area contributed by atoms with E-state index >= 15 is 0 Å². The zero-order valence-corrected chi connectivity index (χ0v) is 21.2. The molecule has 4 aliphatic rings. The molecule has 0 spiro atoms. The molecule has 3 heterocycles. The predicted molar refractivity (Wildman–Crippen MR) is 134 cm³/mol. The van der Waals surface area contributed by atoms with Gasteiger partial charge in [0, 0.05) is 23.5 Å². The van der Waals surface area contributed by atoms with Crippen LogP contribution in [0, 0.1) is 11.8 Å². The molecule has 4 rings (SSSR count). The molecule has 9 heteroatoms. The highest BCUT2D eigenvalue weighted by atomic mass is 32.2. The van der Waals surface area contributed by atoms with Crippen LogP contribution in [0.4, 0.5) is 4.79 Å². The number of nitrogens with one attached hydrogen (secondary N) is 2. The van der Waals surface area contributed by atoms with E-state index in [0.717, 1.165) is 44.3 Å². The molecular formula is C26H38N2O6S. The molecule has 3 fully saturated rings. The fourth-order valence-corrected chi connectivity index (χ4v) is 7.22. The number of unbranched alkanes of at least 4 members (excludes halogenated alkanes) is 1. The third-order valence-corrected chi connectivity index (χ3v) is 9.03.